The van der Waals surface area contributed by atoms with E-state index in [4.69, 9.17) is 0 Å². The number of thiophene rings is 1. The van der Waals surface area contributed by atoms with E-state index in [9.17, 15) is 4.79 Å². The molecule has 2 aromatic carbocycles. The molecule has 2 heterocycles. The zero-order valence-corrected chi connectivity index (χ0v) is 15.1. The van der Waals surface area contributed by atoms with Gasteiger partial charge in [0.05, 0.1) is 17.5 Å². The van der Waals surface area contributed by atoms with E-state index in [1.54, 1.807) is 28.4 Å². The van der Waals surface area contributed by atoms with E-state index in [1.165, 1.54) is 0 Å². The summed E-state index contributed by atoms with van der Waals surface area (Å²) in [5.41, 5.74) is 5.44. The van der Waals surface area contributed by atoms with Crippen molar-refractivity contribution in [3.05, 3.63) is 94.8 Å². The lowest BCUT2D eigenvalue weighted by molar-refractivity contribution is 0.0956. The predicted molar refractivity (Wildman–Crippen MR) is 108 cm³/mol. The largest absolute Gasteiger partial charge is 0.275 e. The molecule has 0 aliphatic carbocycles. The Bertz CT molecular complexity index is 1050. The molecule has 27 heavy (non-hydrogen) atoms. The highest BCUT2D eigenvalue weighted by Gasteiger charge is 2.18. The molecular weight excluding hydrogens is 356 g/mol. The minimum absolute atomic E-state index is 0.302. The van der Waals surface area contributed by atoms with Crippen LogP contribution in [0, 0.1) is 0 Å². The van der Waals surface area contributed by atoms with Gasteiger partial charge < -0.3 is 0 Å². The van der Waals surface area contributed by atoms with Crippen LogP contribution < -0.4 is 5.43 Å². The third-order valence-corrected chi connectivity index (χ3v) is 4.73. The van der Waals surface area contributed by atoms with Crippen LogP contribution in [0.2, 0.25) is 0 Å². The second-order valence-electron chi connectivity index (χ2n) is 5.75. The van der Waals surface area contributed by atoms with Crippen LogP contribution in [0.15, 0.2) is 89.5 Å². The predicted octanol–water partition coefficient (Wildman–Crippen LogP) is 4.36. The van der Waals surface area contributed by atoms with E-state index in [-0.39, 0.29) is 5.91 Å². The van der Waals surface area contributed by atoms with E-state index >= 15 is 0 Å². The first-order chi connectivity index (χ1) is 13.3. The molecule has 0 fully saturated rings. The number of hydrazone groups is 1. The van der Waals surface area contributed by atoms with Crippen molar-refractivity contribution in [2.45, 2.75) is 0 Å². The number of hydrogen-bond donors (Lipinski definition) is 1. The van der Waals surface area contributed by atoms with Crippen LogP contribution in [-0.4, -0.2) is 21.9 Å². The summed E-state index contributed by atoms with van der Waals surface area (Å²) in [4.78, 5) is 13.7. The lowest BCUT2D eigenvalue weighted by Crippen LogP contribution is -2.17. The molecule has 0 saturated carbocycles. The van der Waals surface area contributed by atoms with E-state index in [2.05, 4.69) is 15.6 Å². The Morgan fingerprint density at radius 1 is 1.00 bits per heavy atom. The quantitative estimate of drug-likeness (QED) is 0.418. The first-order valence-electron chi connectivity index (χ1n) is 8.39. The SMILES string of the molecule is O=C(N/N=C\c1cccs1)c1cn(-c2ccccc2)nc1-c1ccccc1. The van der Waals surface area contributed by atoms with Gasteiger partial charge in [-0.3, -0.25) is 4.79 Å². The summed E-state index contributed by atoms with van der Waals surface area (Å²) in [5, 5.41) is 10.7. The van der Waals surface area contributed by atoms with E-state index in [1.807, 2.05) is 78.2 Å². The van der Waals surface area contributed by atoms with Crippen molar-refractivity contribution in [3.8, 4) is 16.9 Å². The van der Waals surface area contributed by atoms with Gasteiger partial charge in [0.1, 0.15) is 5.69 Å². The molecule has 6 heteroatoms. The molecule has 2 aromatic heterocycles. The molecule has 0 aliphatic rings. The van der Waals surface area contributed by atoms with Gasteiger partial charge in [0.15, 0.2) is 0 Å². The highest BCUT2D eigenvalue weighted by atomic mass is 32.1. The van der Waals surface area contributed by atoms with Gasteiger partial charge in [-0.2, -0.15) is 10.2 Å². The first-order valence-corrected chi connectivity index (χ1v) is 9.26. The minimum atomic E-state index is -0.302. The van der Waals surface area contributed by atoms with Gasteiger partial charge in [0.25, 0.3) is 5.91 Å². The van der Waals surface area contributed by atoms with E-state index in [0.717, 1.165) is 16.1 Å². The van der Waals surface area contributed by atoms with Crippen molar-refractivity contribution in [1.29, 1.82) is 0 Å². The lowest BCUT2D eigenvalue weighted by Gasteiger charge is -2.01. The maximum Gasteiger partial charge on any atom is 0.275 e. The van der Waals surface area contributed by atoms with Gasteiger partial charge in [0.2, 0.25) is 0 Å². The van der Waals surface area contributed by atoms with Crippen LogP contribution >= 0.6 is 11.3 Å². The average Bonchev–Trinajstić information content (AvgIpc) is 3.39. The number of carbonyl (C=O) groups excluding carboxylic acids is 1. The zero-order chi connectivity index (χ0) is 18.5. The number of hydrogen-bond acceptors (Lipinski definition) is 4. The Morgan fingerprint density at radius 2 is 1.74 bits per heavy atom. The van der Waals surface area contributed by atoms with E-state index < -0.39 is 0 Å². The van der Waals surface area contributed by atoms with Crippen molar-refractivity contribution >= 4 is 23.5 Å². The first kappa shape index (κ1) is 16.9. The molecular formula is C21H16N4OS. The lowest BCUT2D eigenvalue weighted by atomic mass is 10.1. The minimum Gasteiger partial charge on any atom is -0.267 e. The van der Waals surface area contributed by atoms with Gasteiger partial charge >= 0.3 is 0 Å². The van der Waals surface area contributed by atoms with Crippen LogP contribution in [0.4, 0.5) is 0 Å². The summed E-state index contributed by atoms with van der Waals surface area (Å²) in [5.74, 6) is -0.302. The highest BCUT2D eigenvalue weighted by Crippen LogP contribution is 2.23. The van der Waals surface area contributed by atoms with Crippen molar-refractivity contribution in [2.75, 3.05) is 0 Å². The van der Waals surface area contributed by atoms with E-state index in [0.29, 0.717) is 11.3 Å². The van der Waals surface area contributed by atoms with Gasteiger partial charge in [0, 0.05) is 16.6 Å². The second-order valence-corrected chi connectivity index (χ2v) is 6.73. The molecule has 0 bridgehead atoms. The summed E-state index contributed by atoms with van der Waals surface area (Å²) >= 11 is 1.55. The van der Waals surface area contributed by atoms with Crippen LogP contribution in [0.5, 0.6) is 0 Å². The molecule has 0 unspecified atom stereocenters. The summed E-state index contributed by atoms with van der Waals surface area (Å²) < 4.78 is 1.71. The molecule has 0 saturated heterocycles. The number of amides is 1. The molecule has 132 valence electrons. The molecule has 0 aliphatic heterocycles. The van der Waals surface area contributed by atoms with Crippen LogP contribution in [0.3, 0.4) is 0 Å². The Morgan fingerprint density at radius 3 is 2.44 bits per heavy atom. The average molecular weight is 372 g/mol. The van der Waals surface area contributed by atoms with Gasteiger partial charge in [-0.15, -0.1) is 11.3 Å². The van der Waals surface area contributed by atoms with Crippen molar-refractivity contribution in [1.82, 2.24) is 15.2 Å². The summed E-state index contributed by atoms with van der Waals surface area (Å²) in [6.07, 6.45) is 3.36. The second kappa shape index (κ2) is 7.80. The number of nitrogens with zero attached hydrogens (tertiary/aromatic N) is 3. The monoisotopic (exact) mass is 372 g/mol. The summed E-state index contributed by atoms with van der Waals surface area (Å²) in [7, 11) is 0. The van der Waals surface area contributed by atoms with Gasteiger partial charge in [-0.25, -0.2) is 10.1 Å². The molecule has 5 nitrogen and oxygen atoms in total. The fourth-order valence-corrected chi connectivity index (χ4v) is 3.23. The standard InChI is InChI=1S/C21H16N4OS/c26-21(23-22-14-18-12-7-13-27-18)19-15-25(17-10-5-2-6-11-17)24-20(19)16-8-3-1-4-9-16/h1-15H,(H,23,26)/b22-14-. The number of benzene rings is 2. The van der Waals surface area contributed by atoms with Crippen LogP contribution in [0.1, 0.15) is 15.2 Å². The fourth-order valence-electron chi connectivity index (χ4n) is 2.64. The van der Waals surface area contributed by atoms with Crippen molar-refractivity contribution < 1.29 is 4.79 Å². The van der Waals surface area contributed by atoms with Crippen LogP contribution in [0.25, 0.3) is 16.9 Å². The molecule has 4 aromatic rings. The van der Waals surface area contributed by atoms with Gasteiger partial charge in [-0.05, 0) is 23.6 Å². The molecule has 0 atom stereocenters. The third kappa shape index (κ3) is 3.86. The summed E-state index contributed by atoms with van der Waals surface area (Å²) in [6, 6.07) is 23.2. The van der Waals surface area contributed by atoms with Gasteiger partial charge in [-0.1, -0.05) is 54.6 Å². The molecule has 1 N–H and O–H groups in total. The molecule has 0 spiro atoms. The molecule has 0 radical (unpaired) electrons. The van der Waals surface area contributed by atoms with Crippen LogP contribution in [-0.2, 0) is 0 Å². The number of rotatable bonds is 5. The van der Waals surface area contributed by atoms with Crippen molar-refractivity contribution in [2.24, 2.45) is 5.10 Å². The zero-order valence-electron chi connectivity index (χ0n) is 14.3. The van der Waals surface area contributed by atoms with Crippen molar-refractivity contribution in [3.63, 3.8) is 0 Å². The topological polar surface area (TPSA) is 59.3 Å². The Hall–Kier alpha value is -3.51. The Labute approximate surface area is 160 Å². The Balaban J connectivity index is 1.67. The number of nitrogens with one attached hydrogen (secondary N) is 1. The highest BCUT2D eigenvalue weighted by molar-refractivity contribution is 7.11. The summed E-state index contributed by atoms with van der Waals surface area (Å²) in [6.45, 7) is 0. The maximum absolute atomic E-state index is 12.7. The maximum atomic E-state index is 12.7. The number of aromatic nitrogens is 2. The number of para-hydroxylation sites is 1. The molecule has 1 amide bonds. The Kier molecular flexibility index (Phi) is 4.89. The smallest absolute Gasteiger partial charge is 0.267 e. The molecule has 4 rings (SSSR count). The fraction of sp³-hybridized carbons (Fsp3) is 0. The third-order valence-electron chi connectivity index (χ3n) is 3.93. The normalized spacial score (nSPS) is 11.0. The number of carbonyl (C=O) groups is 1.